The maximum absolute atomic E-state index is 12.2. The molecule has 2 N–H and O–H groups in total. The standard InChI is InChI=1S/C14H18N2O/c17-13-14(6-8-15-9-7-14)10-12(16-13)11-4-2-1-3-5-11/h1-5,12,15H,6-10H2,(H,16,17). The maximum Gasteiger partial charge on any atom is 0.226 e. The number of carbonyl (C=O) groups is 1. The molecule has 0 aromatic heterocycles. The highest BCUT2D eigenvalue weighted by Crippen LogP contribution is 2.43. The van der Waals surface area contributed by atoms with Crippen molar-refractivity contribution in [3.05, 3.63) is 35.9 Å². The van der Waals surface area contributed by atoms with Crippen molar-refractivity contribution in [1.29, 1.82) is 0 Å². The molecular formula is C14H18N2O. The first-order valence-corrected chi connectivity index (χ1v) is 6.37. The highest BCUT2D eigenvalue weighted by molar-refractivity contribution is 5.85. The van der Waals surface area contributed by atoms with E-state index in [-0.39, 0.29) is 17.4 Å². The summed E-state index contributed by atoms with van der Waals surface area (Å²) in [7, 11) is 0. The molecule has 3 heteroatoms. The van der Waals surface area contributed by atoms with Crippen molar-refractivity contribution >= 4 is 5.91 Å². The molecule has 0 saturated carbocycles. The van der Waals surface area contributed by atoms with Gasteiger partial charge in [0.15, 0.2) is 0 Å². The molecule has 2 aliphatic heterocycles. The molecule has 0 radical (unpaired) electrons. The largest absolute Gasteiger partial charge is 0.349 e. The van der Waals surface area contributed by atoms with Crippen molar-refractivity contribution in [2.45, 2.75) is 25.3 Å². The summed E-state index contributed by atoms with van der Waals surface area (Å²) < 4.78 is 0. The first kappa shape index (κ1) is 10.8. The summed E-state index contributed by atoms with van der Waals surface area (Å²) in [6, 6.07) is 10.5. The lowest BCUT2D eigenvalue weighted by Gasteiger charge is -2.30. The van der Waals surface area contributed by atoms with Crippen molar-refractivity contribution in [2.24, 2.45) is 5.41 Å². The summed E-state index contributed by atoms with van der Waals surface area (Å²) in [5, 5.41) is 6.50. The van der Waals surface area contributed by atoms with Crippen LogP contribution in [0.15, 0.2) is 30.3 Å². The number of hydrogen-bond acceptors (Lipinski definition) is 2. The van der Waals surface area contributed by atoms with E-state index in [1.165, 1.54) is 5.56 Å². The van der Waals surface area contributed by atoms with Crippen LogP contribution in [0.4, 0.5) is 0 Å². The second-order valence-corrected chi connectivity index (χ2v) is 5.17. The lowest BCUT2D eigenvalue weighted by Crippen LogP contribution is -2.41. The SMILES string of the molecule is O=C1NC(c2ccccc2)CC12CCNCC2. The Morgan fingerprint density at radius 2 is 1.82 bits per heavy atom. The van der Waals surface area contributed by atoms with Gasteiger partial charge >= 0.3 is 0 Å². The van der Waals surface area contributed by atoms with E-state index in [1.54, 1.807) is 0 Å². The third-order valence-electron chi connectivity index (χ3n) is 4.14. The van der Waals surface area contributed by atoms with E-state index in [0.29, 0.717) is 0 Å². The number of nitrogens with one attached hydrogen (secondary N) is 2. The number of amides is 1. The van der Waals surface area contributed by atoms with Crippen LogP contribution in [0.25, 0.3) is 0 Å². The Balaban J connectivity index is 1.82. The zero-order valence-electron chi connectivity index (χ0n) is 9.91. The third kappa shape index (κ3) is 1.84. The summed E-state index contributed by atoms with van der Waals surface area (Å²) in [6.45, 7) is 1.93. The lowest BCUT2D eigenvalue weighted by molar-refractivity contribution is -0.128. The van der Waals surface area contributed by atoms with Gasteiger partial charge in [-0.2, -0.15) is 0 Å². The lowest BCUT2D eigenvalue weighted by atomic mass is 9.76. The fraction of sp³-hybridized carbons (Fsp3) is 0.500. The molecule has 3 nitrogen and oxygen atoms in total. The minimum Gasteiger partial charge on any atom is -0.349 e. The number of benzene rings is 1. The van der Waals surface area contributed by atoms with Gasteiger partial charge in [-0.1, -0.05) is 30.3 Å². The molecule has 17 heavy (non-hydrogen) atoms. The van der Waals surface area contributed by atoms with Gasteiger partial charge in [-0.3, -0.25) is 4.79 Å². The average Bonchev–Trinajstić information content (AvgIpc) is 2.69. The Morgan fingerprint density at radius 3 is 2.53 bits per heavy atom. The summed E-state index contributed by atoms with van der Waals surface area (Å²) in [6.07, 6.45) is 2.90. The molecule has 0 aliphatic carbocycles. The minimum absolute atomic E-state index is 0.105. The van der Waals surface area contributed by atoms with E-state index in [2.05, 4.69) is 22.8 Å². The Hall–Kier alpha value is -1.35. The second-order valence-electron chi connectivity index (χ2n) is 5.17. The van der Waals surface area contributed by atoms with Crippen molar-refractivity contribution in [2.75, 3.05) is 13.1 Å². The molecule has 0 bridgehead atoms. The van der Waals surface area contributed by atoms with Gasteiger partial charge in [0.05, 0.1) is 11.5 Å². The highest BCUT2D eigenvalue weighted by Gasteiger charge is 2.47. The third-order valence-corrected chi connectivity index (χ3v) is 4.14. The monoisotopic (exact) mass is 230 g/mol. The Kier molecular flexibility index (Phi) is 2.63. The van der Waals surface area contributed by atoms with Gasteiger partial charge in [-0.05, 0) is 37.9 Å². The molecule has 1 amide bonds. The summed E-state index contributed by atoms with van der Waals surface area (Å²) in [4.78, 5) is 12.2. The summed E-state index contributed by atoms with van der Waals surface area (Å²) in [5.74, 6) is 0.257. The fourth-order valence-corrected chi connectivity index (χ4v) is 3.07. The van der Waals surface area contributed by atoms with Gasteiger partial charge in [0.2, 0.25) is 5.91 Å². The molecule has 3 rings (SSSR count). The van der Waals surface area contributed by atoms with E-state index >= 15 is 0 Å². The van der Waals surface area contributed by atoms with Gasteiger partial charge in [0.1, 0.15) is 0 Å². The van der Waals surface area contributed by atoms with E-state index < -0.39 is 0 Å². The predicted molar refractivity (Wildman–Crippen MR) is 66.5 cm³/mol. The predicted octanol–water partition coefficient (Wildman–Crippen LogP) is 1.62. The molecule has 1 atom stereocenters. The van der Waals surface area contributed by atoms with Crippen molar-refractivity contribution in [3.8, 4) is 0 Å². The zero-order chi connectivity index (χ0) is 11.7. The van der Waals surface area contributed by atoms with Gasteiger partial charge in [0.25, 0.3) is 0 Å². The van der Waals surface area contributed by atoms with Crippen LogP contribution in [0.2, 0.25) is 0 Å². The Bertz CT molecular complexity index is 409. The van der Waals surface area contributed by atoms with Gasteiger partial charge in [0, 0.05) is 0 Å². The van der Waals surface area contributed by atoms with E-state index in [4.69, 9.17) is 0 Å². The molecule has 2 fully saturated rings. The quantitative estimate of drug-likeness (QED) is 0.769. The molecule has 2 heterocycles. The zero-order valence-corrected chi connectivity index (χ0v) is 9.91. The van der Waals surface area contributed by atoms with Crippen molar-refractivity contribution in [1.82, 2.24) is 10.6 Å². The molecule has 2 aliphatic rings. The number of hydrogen-bond donors (Lipinski definition) is 2. The first-order valence-electron chi connectivity index (χ1n) is 6.37. The van der Waals surface area contributed by atoms with E-state index in [9.17, 15) is 4.79 Å². The first-order chi connectivity index (χ1) is 8.30. The molecule has 1 aromatic rings. The van der Waals surface area contributed by atoms with Gasteiger partial charge in [-0.15, -0.1) is 0 Å². The van der Waals surface area contributed by atoms with Gasteiger partial charge < -0.3 is 10.6 Å². The van der Waals surface area contributed by atoms with Crippen LogP contribution < -0.4 is 10.6 Å². The Morgan fingerprint density at radius 1 is 1.12 bits per heavy atom. The smallest absolute Gasteiger partial charge is 0.226 e. The van der Waals surface area contributed by atoms with Crippen molar-refractivity contribution < 1.29 is 4.79 Å². The minimum atomic E-state index is -0.105. The molecule has 1 spiro atoms. The summed E-state index contributed by atoms with van der Waals surface area (Å²) >= 11 is 0. The van der Waals surface area contributed by atoms with Crippen LogP contribution in [-0.4, -0.2) is 19.0 Å². The second kappa shape index (κ2) is 4.15. The van der Waals surface area contributed by atoms with Crippen LogP contribution in [0.5, 0.6) is 0 Å². The molecule has 2 saturated heterocycles. The topological polar surface area (TPSA) is 41.1 Å². The Labute approximate surface area is 102 Å². The van der Waals surface area contributed by atoms with Crippen LogP contribution in [0.3, 0.4) is 0 Å². The van der Waals surface area contributed by atoms with Crippen LogP contribution in [0, 0.1) is 5.41 Å². The molecule has 1 aromatic carbocycles. The number of piperidine rings is 1. The van der Waals surface area contributed by atoms with E-state index in [0.717, 1.165) is 32.4 Å². The van der Waals surface area contributed by atoms with Crippen molar-refractivity contribution in [3.63, 3.8) is 0 Å². The fourth-order valence-electron chi connectivity index (χ4n) is 3.07. The molecule has 1 unspecified atom stereocenters. The molecule has 90 valence electrons. The number of rotatable bonds is 1. The summed E-state index contributed by atoms with van der Waals surface area (Å²) in [5.41, 5.74) is 1.13. The number of carbonyl (C=O) groups excluding carboxylic acids is 1. The maximum atomic E-state index is 12.2. The van der Waals surface area contributed by atoms with E-state index in [1.807, 2.05) is 18.2 Å². The van der Waals surface area contributed by atoms with Crippen LogP contribution in [-0.2, 0) is 4.79 Å². The molecular weight excluding hydrogens is 212 g/mol. The van der Waals surface area contributed by atoms with Gasteiger partial charge in [-0.25, -0.2) is 0 Å². The highest BCUT2D eigenvalue weighted by atomic mass is 16.2. The van der Waals surface area contributed by atoms with Crippen LogP contribution in [0.1, 0.15) is 30.9 Å². The van der Waals surface area contributed by atoms with Crippen LogP contribution >= 0.6 is 0 Å². The average molecular weight is 230 g/mol. The normalized spacial score (nSPS) is 27.1.